The highest BCUT2D eigenvalue weighted by Crippen LogP contribution is 2.32. The Balaban J connectivity index is 1.18. The zero-order valence-electron chi connectivity index (χ0n) is 20.5. The number of imidazole rings is 1. The lowest BCUT2D eigenvalue weighted by atomic mass is 10.0. The van der Waals surface area contributed by atoms with E-state index in [2.05, 4.69) is 19.9 Å². The minimum absolute atomic E-state index is 0.113. The van der Waals surface area contributed by atoms with Crippen molar-refractivity contribution in [3.05, 3.63) is 70.4 Å². The van der Waals surface area contributed by atoms with E-state index in [4.69, 9.17) is 9.47 Å². The fourth-order valence-corrected chi connectivity index (χ4v) is 4.71. The van der Waals surface area contributed by atoms with Crippen LogP contribution in [0, 0.1) is 10.1 Å². The van der Waals surface area contributed by atoms with Crippen LogP contribution in [0.4, 0.5) is 24.7 Å². The van der Waals surface area contributed by atoms with Crippen molar-refractivity contribution in [2.45, 2.75) is 37.9 Å². The Morgan fingerprint density at radius 3 is 2.55 bits per heavy atom. The van der Waals surface area contributed by atoms with Crippen LogP contribution in [-0.2, 0) is 13.0 Å². The molecule has 2 atom stereocenters. The number of nitro groups is 1. The molecule has 0 spiro atoms. The van der Waals surface area contributed by atoms with Crippen LogP contribution in [0.25, 0.3) is 0 Å². The van der Waals surface area contributed by atoms with Crippen molar-refractivity contribution < 1.29 is 32.3 Å². The molecule has 2 aromatic carbocycles. The van der Waals surface area contributed by atoms with Crippen LogP contribution in [0.15, 0.2) is 54.7 Å². The largest absolute Gasteiger partial charge is 0.573 e. The highest BCUT2D eigenvalue weighted by molar-refractivity contribution is 5.51. The second kappa shape index (κ2) is 10.0. The maximum atomic E-state index is 12.4. The molecule has 0 amide bonds. The molecule has 3 heterocycles. The molecular weight excluding hydrogens is 507 g/mol. The number of anilines is 1. The van der Waals surface area contributed by atoms with Crippen LogP contribution in [0.3, 0.4) is 0 Å². The van der Waals surface area contributed by atoms with Gasteiger partial charge >= 0.3 is 18.2 Å². The van der Waals surface area contributed by atoms with Gasteiger partial charge in [-0.25, -0.2) is 0 Å². The van der Waals surface area contributed by atoms with Crippen LogP contribution in [0.1, 0.15) is 12.5 Å². The van der Waals surface area contributed by atoms with Crippen molar-refractivity contribution in [1.82, 2.24) is 14.9 Å². The number of fused-ring (bicyclic) bond motifs is 1. The molecule has 1 N–H and O–H groups in total. The van der Waals surface area contributed by atoms with E-state index in [-0.39, 0.29) is 30.2 Å². The SMILES string of the molecule is C[C@@]1(COc2ccc(N3CCNC[C@@H]3Cc3ccc(OC(F)(F)F)cc3)cc2)Cn2cc([N+](=O)[O-])nc2O1. The van der Waals surface area contributed by atoms with E-state index < -0.39 is 16.9 Å². The highest BCUT2D eigenvalue weighted by atomic mass is 19.4. The van der Waals surface area contributed by atoms with Gasteiger partial charge in [-0.3, -0.25) is 4.57 Å². The van der Waals surface area contributed by atoms with E-state index in [1.165, 1.54) is 18.3 Å². The number of alkyl halides is 3. The molecule has 13 heteroatoms. The summed E-state index contributed by atoms with van der Waals surface area (Å²) in [7, 11) is 0. The van der Waals surface area contributed by atoms with Crippen molar-refractivity contribution in [3.63, 3.8) is 0 Å². The van der Waals surface area contributed by atoms with Crippen LogP contribution in [-0.4, -0.2) is 58.7 Å². The molecule has 1 aromatic heterocycles. The van der Waals surface area contributed by atoms with E-state index in [1.807, 2.05) is 31.2 Å². The number of piperazine rings is 1. The normalized spacial score (nSPS) is 21.1. The number of hydrogen-bond acceptors (Lipinski definition) is 8. The van der Waals surface area contributed by atoms with E-state index in [0.29, 0.717) is 18.7 Å². The van der Waals surface area contributed by atoms with Crippen molar-refractivity contribution in [1.29, 1.82) is 0 Å². The van der Waals surface area contributed by atoms with Gasteiger partial charge < -0.3 is 34.5 Å². The Labute approximate surface area is 216 Å². The van der Waals surface area contributed by atoms with Gasteiger partial charge in [-0.05, 0) is 60.2 Å². The maximum Gasteiger partial charge on any atom is 0.573 e. The van der Waals surface area contributed by atoms with Crippen molar-refractivity contribution in [2.75, 3.05) is 31.1 Å². The van der Waals surface area contributed by atoms with Crippen molar-refractivity contribution in [2.24, 2.45) is 0 Å². The highest BCUT2D eigenvalue weighted by Gasteiger charge is 2.41. The number of aromatic nitrogens is 2. The molecule has 0 saturated carbocycles. The van der Waals surface area contributed by atoms with Crippen LogP contribution in [0.5, 0.6) is 17.5 Å². The number of halogens is 3. The topological polar surface area (TPSA) is 104 Å². The predicted molar refractivity (Wildman–Crippen MR) is 131 cm³/mol. The van der Waals surface area contributed by atoms with Gasteiger partial charge in [0.1, 0.15) is 24.3 Å². The summed E-state index contributed by atoms with van der Waals surface area (Å²) in [6.07, 6.45) is -2.71. The average molecular weight is 534 g/mol. The summed E-state index contributed by atoms with van der Waals surface area (Å²) in [5.74, 6) is 0.164. The van der Waals surface area contributed by atoms with E-state index in [0.717, 1.165) is 30.9 Å². The van der Waals surface area contributed by atoms with Gasteiger partial charge in [0.05, 0.1) is 6.54 Å². The Kier molecular flexibility index (Phi) is 6.78. The van der Waals surface area contributed by atoms with Gasteiger partial charge in [0, 0.05) is 36.3 Å². The first kappa shape index (κ1) is 25.6. The standard InChI is InChI=1S/C25H26F3N5O5/c1-24(15-31-14-22(33(34)35)30-23(31)38-24)16-36-20-8-4-18(5-9-20)32-11-10-29-13-19(32)12-17-2-6-21(7-3-17)37-25(26,27)28/h2-9,14,19,29H,10-13,15-16H2,1H3/t19-,24-/m0/s1. The van der Waals surface area contributed by atoms with Gasteiger partial charge in [0.2, 0.25) is 0 Å². The molecule has 1 fully saturated rings. The second-order valence-electron chi connectivity index (χ2n) is 9.55. The Hall–Kier alpha value is -4.00. The lowest BCUT2D eigenvalue weighted by molar-refractivity contribution is -0.389. The fraction of sp³-hybridized carbons (Fsp3) is 0.400. The van der Waals surface area contributed by atoms with E-state index >= 15 is 0 Å². The number of benzene rings is 2. The quantitative estimate of drug-likeness (QED) is 0.343. The molecular formula is C25H26F3N5O5. The molecule has 2 aliphatic heterocycles. The lowest BCUT2D eigenvalue weighted by Gasteiger charge is -2.38. The summed E-state index contributed by atoms with van der Waals surface area (Å²) < 4.78 is 54.6. The molecule has 0 aliphatic carbocycles. The zero-order chi connectivity index (χ0) is 26.9. The van der Waals surface area contributed by atoms with Gasteiger partial charge in [-0.15, -0.1) is 13.2 Å². The molecule has 0 unspecified atom stereocenters. The van der Waals surface area contributed by atoms with E-state index in [1.54, 1.807) is 16.7 Å². The average Bonchev–Trinajstić information content (AvgIpc) is 3.40. The summed E-state index contributed by atoms with van der Waals surface area (Å²) in [4.78, 5) is 16.5. The number of nitrogens with zero attached hydrogens (tertiary/aromatic N) is 4. The third kappa shape index (κ3) is 5.93. The summed E-state index contributed by atoms with van der Waals surface area (Å²) in [5, 5.41) is 14.3. The summed E-state index contributed by atoms with van der Waals surface area (Å²) in [5.41, 5.74) is 1.21. The third-order valence-electron chi connectivity index (χ3n) is 6.45. The minimum Gasteiger partial charge on any atom is -0.489 e. The molecule has 5 rings (SSSR count). The summed E-state index contributed by atoms with van der Waals surface area (Å²) >= 11 is 0. The molecule has 202 valence electrons. The number of ether oxygens (including phenoxy) is 3. The first-order chi connectivity index (χ1) is 18.1. The number of hydrogen-bond donors (Lipinski definition) is 1. The van der Waals surface area contributed by atoms with Crippen LogP contribution >= 0.6 is 0 Å². The smallest absolute Gasteiger partial charge is 0.489 e. The van der Waals surface area contributed by atoms with Gasteiger partial charge in [-0.2, -0.15) is 0 Å². The predicted octanol–water partition coefficient (Wildman–Crippen LogP) is 3.94. The summed E-state index contributed by atoms with van der Waals surface area (Å²) in [6, 6.07) is 14.0. The molecule has 38 heavy (non-hydrogen) atoms. The summed E-state index contributed by atoms with van der Waals surface area (Å²) in [6.45, 7) is 4.80. The Morgan fingerprint density at radius 2 is 1.89 bits per heavy atom. The molecule has 0 bridgehead atoms. The lowest BCUT2D eigenvalue weighted by Crippen LogP contribution is -2.52. The van der Waals surface area contributed by atoms with Gasteiger partial charge in [0.15, 0.2) is 5.60 Å². The molecule has 3 aromatic rings. The molecule has 10 nitrogen and oxygen atoms in total. The molecule has 1 saturated heterocycles. The number of nitrogens with one attached hydrogen (secondary N) is 1. The second-order valence-corrected chi connectivity index (χ2v) is 9.55. The molecule has 0 radical (unpaired) electrons. The zero-order valence-corrected chi connectivity index (χ0v) is 20.5. The molecule has 2 aliphatic rings. The first-order valence-electron chi connectivity index (χ1n) is 12.0. The fourth-order valence-electron chi connectivity index (χ4n) is 4.71. The Morgan fingerprint density at radius 1 is 1.18 bits per heavy atom. The monoisotopic (exact) mass is 533 g/mol. The van der Waals surface area contributed by atoms with Crippen LogP contribution < -0.4 is 24.4 Å². The van der Waals surface area contributed by atoms with Gasteiger partial charge in [0.25, 0.3) is 0 Å². The first-order valence-corrected chi connectivity index (χ1v) is 12.0. The van der Waals surface area contributed by atoms with Crippen molar-refractivity contribution >= 4 is 11.5 Å². The minimum atomic E-state index is -4.71. The Bertz CT molecular complexity index is 1260. The maximum absolute atomic E-state index is 12.4. The van der Waals surface area contributed by atoms with Crippen LogP contribution in [0.2, 0.25) is 0 Å². The third-order valence-corrected chi connectivity index (χ3v) is 6.45. The van der Waals surface area contributed by atoms with E-state index in [9.17, 15) is 23.3 Å². The van der Waals surface area contributed by atoms with Crippen molar-refractivity contribution in [3.8, 4) is 17.5 Å². The van der Waals surface area contributed by atoms with Gasteiger partial charge in [-0.1, -0.05) is 12.1 Å². The number of rotatable bonds is 8.